The van der Waals surface area contributed by atoms with E-state index in [9.17, 15) is 9.90 Å². The van der Waals surface area contributed by atoms with Crippen molar-refractivity contribution in [2.45, 2.75) is 20.3 Å². The fourth-order valence-electron chi connectivity index (χ4n) is 1.39. The zero-order valence-corrected chi connectivity index (χ0v) is 10.4. The number of carbonyl (C=O) groups excluding carboxylic acids is 1. The molecule has 0 saturated carbocycles. The van der Waals surface area contributed by atoms with Crippen LogP contribution in [0.25, 0.3) is 0 Å². The molecule has 0 atom stereocenters. The van der Waals surface area contributed by atoms with Crippen molar-refractivity contribution in [2.24, 2.45) is 5.92 Å². The number of amides is 2. The third-order valence-corrected chi connectivity index (χ3v) is 2.34. The van der Waals surface area contributed by atoms with E-state index in [1.807, 2.05) is 26.0 Å². The van der Waals surface area contributed by atoms with Crippen LogP contribution in [0.3, 0.4) is 0 Å². The molecule has 1 aromatic carbocycles. The summed E-state index contributed by atoms with van der Waals surface area (Å²) < 4.78 is 0. The van der Waals surface area contributed by atoms with Crippen LogP contribution in [0.1, 0.15) is 19.4 Å². The molecule has 0 radical (unpaired) electrons. The number of rotatable bonds is 5. The first-order valence-corrected chi connectivity index (χ1v) is 5.88. The molecule has 0 saturated heterocycles. The van der Waals surface area contributed by atoms with Gasteiger partial charge in [0.05, 0.1) is 0 Å². The van der Waals surface area contributed by atoms with Crippen molar-refractivity contribution >= 4 is 6.03 Å². The van der Waals surface area contributed by atoms with E-state index in [1.54, 1.807) is 12.1 Å². The number of phenolic OH excluding ortho intramolecular Hbond substituents is 1. The van der Waals surface area contributed by atoms with Crippen LogP contribution < -0.4 is 10.6 Å². The van der Waals surface area contributed by atoms with E-state index in [1.165, 1.54) is 0 Å². The first-order valence-electron chi connectivity index (χ1n) is 5.88. The van der Waals surface area contributed by atoms with E-state index in [0.717, 1.165) is 5.56 Å². The van der Waals surface area contributed by atoms with Gasteiger partial charge in [-0.05, 0) is 24.0 Å². The number of carbonyl (C=O) groups is 1. The van der Waals surface area contributed by atoms with Crippen molar-refractivity contribution in [1.82, 2.24) is 10.6 Å². The van der Waals surface area contributed by atoms with Gasteiger partial charge in [-0.2, -0.15) is 0 Å². The monoisotopic (exact) mass is 236 g/mol. The van der Waals surface area contributed by atoms with Gasteiger partial charge in [0.25, 0.3) is 0 Å². The largest absolute Gasteiger partial charge is 0.508 e. The van der Waals surface area contributed by atoms with E-state index in [0.29, 0.717) is 25.4 Å². The van der Waals surface area contributed by atoms with E-state index in [4.69, 9.17) is 0 Å². The van der Waals surface area contributed by atoms with Crippen LogP contribution in [0.15, 0.2) is 24.3 Å². The summed E-state index contributed by atoms with van der Waals surface area (Å²) in [7, 11) is 0. The zero-order chi connectivity index (χ0) is 12.7. The van der Waals surface area contributed by atoms with Crippen molar-refractivity contribution in [2.75, 3.05) is 13.1 Å². The molecule has 3 N–H and O–H groups in total. The van der Waals surface area contributed by atoms with Gasteiger partial charge in [0, 0.05) is 13.1 Å². The van der Waals surface area contributed by atoms with Crippen molar-refractivity contribution in [3.8, 4) is 5.75 Å². The summed E-state index contributed by atoms with van der Waals surface area (Å²) in [4.78, 5) is 11.3. The summed E-state index contributed by atoms with van der Waals surface area (Å²) in [5, 5.41) is 15.0. The van der Waals surface area contributed by atoms with E-state index < -0.39 is 0 Å². The highest BCUT2D eigenvalue weighted by atomic mass is 16.3. The quantitative estimate of drug-likeness (QED) is 0.731. The predicted octanol–water partition coefficient (Wildman–Crippen LogP) is 1.89. The SMILES string of the molecule is CC(C)CNC(=O)NCCc1ccccc1O. The van der Waals surface area contributed by atoms with Crippen LogP contribution in [-0.4, -0.2) is 24.2 Å². The molecule has 1 aromatic rings. The molecule has 4 heteroatoms. The smallest absolute Gasteiger partial charge is 0.314 e. The average molecular weight is 236 g/mol. The molecular weight excluding hydrogens is 216 g/mol. The fraction of sp³-hybridized carbons (Fsp3) is 0.462. The molecular formula is C13H20N2O2. The van der Waals surface area contributed by atoms with Crippen LogP contribution in [0, 0.1) is 5.92 Å². The van der Waals surface area contributed by atoms with Crippen molar-refractivity contribution in [3.63, 3.8) is 0 Å². The molecule has 94 valence electrons. The van der Waals surface area contributed by atoms with Crippen LogP contribution in [0.2, 0.25) is 0 Å². The number of benzene rings is 1. The third-order valence-electron chi connectivity index (χ3n) is 2.34. The Labute approximate surface area is 102 Å². The topological polar surface area (TPSA) is 61.4 Å². The normalized spacial score (nSPS) is 10.3. The summed E-state index contributed by atoms with van der Waals surface area (Å²) in [5.74, 6) is 0.718. The van der Waals surface area contributed by atoms with Crippen molar-refractivity contribution in [1.29, 1.82) is 0 Å². The van der Waals surface area contributed by atoms with Gasteiger partial charge in [-0.15, -0.1) is 0 Å². The fourth-order valence-corrected chi connectivity index (χ4v) is 1.39. The Morgan fingerprint density at radius 2 is 2.00 bits per heavy atom. The minimum absolute atomic E-state index is 0.158. The number of para-hydroxylation sites is 1. The molecule has 17 heavy (non-hydrogen) atoms. The van der Waals surface area contributed by atoms with Crippen LogP contribution in [-0.2, 0) is 6.42 Å². The minimum Gasteiger partial charge on any atom is -0.508 e. The van der Waals surface area contributed by atoms with Gasteiger partial charge in [0.1, 0.15) is 5.75 Å². The van der Waals surface area contributed by atoms with Crippen LogP contribution in [0.5, 0.6) is 5.75 Å². The maximum atomic E-state index is 11.3. The lowest BCUT2D eigenvalue weighted by molar-refractivity contribution is 0.239. The lowest BCUT2D eigenvalue weighted by atomic mass is 10.1. The number of urea groups is 1. The number of hydrogen-bond donors (Lipinski definition) is 3. The molecule has 0 fully saturated rings. The molecule has 0 aliphatic rings. The molecule has 0 aliphatic heterocycles. The first-order chi connectivity index (χ1) is 8.09. The Balaban J connectivity index is 2.24. The maximum absolute atomic E-state index is 11.3. The Kier molecular flexibility index (Phi) is 5.33. The summed E-state index contributed by atoms with van der Waals surface area (Å²) >= 11 is 0. The second-order valence-electron chi connectivity index (χ2n) is 4.41. The number of phenols is 1. The van der Waals surface area contributed by atoms with Gasteiger partial charge in [0.15, 0.2) is 0 Å². The maximum Gasteiger partial charge on any atom is 0.314 e. The highest BCUT2D eigenvalue weighted by Gasteiger charge is 2.02. The van der Waals surface area contributed by atoms with Crippen LogP contribution in [0.4, 0.5) is 4.79 Å². The zero-order valence-electron chi connectivity index (χ0n) is 10.4. The molecule has 1 rings (SSSR count). The first kappa shape index (κ1) is 13.4. The van der Waals surface area contributed by atoms with Gasteiger partial charge >= 0.3 is 6.03 Å². The highest BCUT2D eigenvalue weighted by molar-refractivity contribution is 5.73. The Morgan fingerprint density at radius 3 is 2.65 bits per heavy atom. The van der Waals surface area contributed by atoms with Gasteiger partial charge in [0.2, 0.25) is 0 Å². The molecule has 0 spiro atoms. The van der Waals surface area contributed by atoms with Gasteiger partial charge in [-0.25, -0.2) is 4.79 Å². The average Bonchev–Trinajstić information content (AvgIpc) is 2.29. The molecule has 2 amide bonds. The highest BCUT2D eigenvalue weighted by Crippen LogP contribution is 2.15. The number of nitrogens with one attached hydrogen (secondary N) is 2. The lowest BCUT2D eigenvalue weighted by Crippen LogP contribution is -2.38. The van der Waals surface area contributed by atoms with Crippen molar-refractivity contribution in [3.05, 3.63) is 29.8 Å². The molecule has 4 nitrogen and oxygen atoms in total. The summed E-state index contributed by atoms with van der Waals surface area (Å²) in [6, 6.07) is 6.99. The molecule has 0 bridgehead atoms. The van der Waals surface area contributed by atoms with Gasteiger partial charge in [-0.1, -0.05) is 32.0 Å². The van der Waals surface area contributed by atoms with Gasteiger partial charge < -0.3 is 15.7 Å². The Hall–Kier alpha value is -1.71. The van der Waals surface area contributed by atoms with E-state index in [2.05, 4.69) is 10.6 Å². The van der Waals surface area contributed by atoms with E-state index >= 15 is 0 Å². The standard InChI is InChI=1S/C13H20N2O2/c1-10(2)9-15-13(17)14-8-7-11-5-3-4-6-12(11)16/h3-6,10,16H,7-9H2,1-2H3,(H2,14,15,17). The predicted molar refractivity (Wildman–Crippen MR) is 68.1 cm³/mol. The Bertz CT molecular complexity index is 364. The Morgan fingerprint density at radius 1 is 1.29 bits per heavy atom. The minimum atomic E-state index is -0.158. The number of aromatic hydroxyl groups is 1. The van der Waals surface area contributed by atoms with E-state index in [-0.39, 0.29) is 11.8 Å². The summed E-state index contributed by atoms with van der Waals surface area (Å²) in [6.45, 7) is 5.27. The second kappa shape index (κ2) is 6.78. The molecule has 0 aliphatic carbocycles. The number of hydrogen-bond acceptors (Lipinski definition) is 2. The lowest BCUT2D eigenvalue weighted by Gasteiger charge is -2.09. The summed E-state index contributed by atoms with van der Waals surface area (Å²) in [5.41, 5.74) is 0.844. The molecule has 0 aromatic heterocycles. The molecule has 0 unspecified atom stereocenters. The van der Waals surface area contributed by atoms with Crippen LogP contribution >= 0.6 is 0 Å². The molecule has 0 heterocycles. The van der Waals surface area contributed by atoms with Gasteiger partial charge in [-0.3, -0.25) is 0 Å². The second-order valence-corrected chi connectivity index (χ2v) is 4.41. The summed E-state index contributed by atoms with van der Waals surface area (Å²) in [6.07, 6.45) is 0.627. The third kappa shape index (κ3) is 5.24. The van der Waals surface area contributed by atoms with Crippen molar-refractivity contribution < 1.29 is 9.90 Å².